The fourth-order valence-corrected chi connectivity index (χ4v) is 2.39. The van der Waals surface area contributed by atoms with Crippen molar-refractivity contribution in [3.63, 3.8) is 0 Å². The van der Waals surface area contributed by atoms with Crippen LogP contribution in [0.4, 0.5) is 0 Å². The molecular formula is C14H30N2. The van der Waals surface area contributed by atoms with Gasteiger partial charge in [0.2, 0.25) is 0 Å². The third kappa shape index (κ3) is 7.24. The predicted molar refractivity (Wildman–Crippen MR) is 71.9 cm³/mol. The molecule has 0 aromatic rings. The normalized spacial score (nSPS) is 19.7. The molecule has 96 valence electrons. The Bertz CT molecular complexity index is 149. The Morgan fingerprint density at radius 2 is 1.56 bits per heavy atom. The van der Waals surface area contributed by atoms with E-state index in [2.05, 4.69) is 24.1 Å². The molecule has 0 radical (unpaired) electrons. The third-order valence-electron chi connectivity index (χ3n) is 3.40. The van der Waals surface area contributed by atoms with Gasteiger partial charge in [0, 0.05) is 6.04 Å². The van der Waals surface area contributed by atoms with Crippen LogP contribution in [0.2, 0.25) is 0 Å². The minimum absolute atomic E-state index is 0.640. The molecule has 16 heavy (non-hydrogen) atoms. The topological polar surface area (TPSA) is 15.3 Å². The number of nitrogens with zero attached hydrogens (tertiary/aromatic N) is 1. The van der Waals surface area contributed by atoms with Crippen molar-refractivity contribution >= 4 is 0 Å². The van der Waals surface area contributed by atoms with Crippen LogP contribution in [0.15, 0.2) is 0 Å². The van der Waals surface area contributed by atoms with E-state index < -0.39 is 0 Å². The molecule has 1 saturated heterocycles. The Morgan fingerprint density at radius 3 is 2.19 bits per heavy atom. The zero-order chi connectivity index (χ0) is 11.6. The minimum Gasteiger partial charge on any atom is -0.315 e. The summed E-state index contributed by atoms with van der Waals surface area (Å²) in [5.74, 6) is 0. The van der Waals surface area contributed by atoms with Gasteiger partial charge in [0.25, 0.3) is 0 Å². The van der Waals surface area contributed by atoms with Crippen molar-refractivity contribution in [3.8, 4) is 0 Å². The summed E-state index contributed by atoms with van der Waals surface area (Å²) >= 11 is 0. The average Bonchev–Trinajstić information content (AvgIpc) is 2.19. The monoisotopic (exact) mass is 226 g/mol. The van der Waals surface area contributed by atoms with Gasteiger partial charge in [-0.15, -0.1) is 0 Å². The second kappa shape index (κ2) is 9.00. The molecular weight excluding hydrogens is 196 g/mol. The molecule has 2 heteroatoms. The summed E-state index contributed by atoms with van der Waals surface area (Å²) in [4.78, 5) is 2.68. The first-order valence-electron chi connectivity index (χ1n) is 7.25. The summed E-state index contributed by atoms with van der Waals surface area (Å²) in [5.41, 5.74) is 0. The number of hydrogen-bond acceptors (Lipinski definition) is 2. The van der Waals surface area contributed by atoms with Crippen molar-refractivity contribution in [2.24, 2.45) is 0 Å². The molecule has 0 atom stereocenters. The molecule has 1 N–H and O–H groups in total. The molecule has 0 unspecified atom stereocenters. The average molecular weight is 226 g/mol. The van der Waals surface area contributed by atoms with E-state index in [0.29, 0.717) is 6.04 Å². The lowest BCUT2D eigenvalue weighted by atomic mass is 10.1. The van der Waals surface area contributed by atoms with Gasteiger partial charge in [-0.25, -0.2) is 0 Å². The molecule has 1 rings (SSSR count). The van der Waals surface area contributed by atoms with Gasteiger partial charge in [-0.3, -0.25) is 0 Å². The summed E-state index contributed by atoms with van der Waals surface area (Å²) < 4.78 is 0. The highest BCUT2D eigenvalue weighted by atomic mass is 15.1. The van der Waals surface area contributed by atoms with Crippen molar-refractivity contribution in [1.82, 2.24) is 10.2 Å². The van der Waals surface area contributed by atoms with Gasteiger partial charge in [-0.1, -0.05) is 33.1 Å². The molecule has 1 heterocycles. The maximum Gasteiger partial charge on any atom is 0.00103 e. The number of nitrogens with one attached hydrogen (secondary N) is 1. The zero-order valence-corrected chi connectivity index (χ0v) is 11.3. The van der Waals surface area contributed by atoms with E-state index in [1.165, 1.54) is 71.1 Å². The van der Waals surface area contributed by atoms with Crippen LogP contribution in [-0.2, 0) is 0 Å². The van der Waals surface area contributed by atoms with Crippen LogP contribution in [0.5, 0.6) is 0 Å². The SMILES string of the molecule is CC(C)NCCCCN1CCCCCCC1. The van der Waals surface area contributed by atoms with Crippen LogP contribution in [0.3, 0.4) is 0 Å². The van der Waals surface area contributed by atoms with Gasteiger partial charge < -0.3 is 10.2 Å². The standard InChI is InChI=1S/C14H30N2/c1-14(2)15-10-6-9-13-16-11-7-4-3-5-8-12-16/h14-15H,3-13H2,1-2H3. The van der Waals surface area contributed by atoms with E-state index >= 15 is 0 Å². The maximum absolute atomic E-state index is 3.49. The fourth-order valence-electron chi connectivity index (χ4n) is 2.39. The molecule has 0 aliphatic carbocycles. The molecule has 0 spiro atoms. The Morgan fingerprint density at radius 1 is 0.938 bits per heavy atom. The largest absolute Gasteiger partial charge is 0.315 e. The summed E-state index contributed by atoms with van der Waals surface area (Å²) in [6, 6.07) is 0.640. The van der Waals surface area contributed by atoms with E-state index in [1.54, 1.807) is 0 Å². The Labute approximate surface area is 102 Å². The van der Waals surface area contributed by atoms with Crippen molar-refractivity contribution < 1.29 is 0 Å². The first-order valence-corrected chi connectivity index (χ1v) is 7.25. The summed E-state index contributed by atoms with van der Waals surface area (Å²) in [5, 5.41) is 3.49. The van der Waals surface area contributed by atoms with Crippen LogP contribution >= 0.6 is 0 Å². The smallest absolute Gasteiger partial charge is 0.00103 e. The van der Waals surface area contributed by atoms with E-state index in [9.17, 15) is 0 Å². The first-order chi connectivity index (χ1) is 7.79. The van der Waals surface area contributed by atoms with Gasteiger partial charge >= 0.3 is 0 Å². The van der Waals surface area contributed by atoms with Crippen molar-refractivity contribution in [3.05, 3.63) is 0 Å². The van der Waals surface area contributed by atoms with Crippen molar-refractivity contribution in [2.45, 2.75) is 64.8 Å². The molecule has 1 fully saturated rings. The molecule has 0 aromatic carbocycles. The molecule has 2 nitrogen and oxygen atoms in total. The van der Waals surface area contributed by atoms with Gasteiger partial charge in [-0.05, 0) is 51.9 Å². The maximum atomic E-state index is 3.49. The Kier molecular flexibility index (Phi) is 7.87. The van der Waals surface area contributed by atoms with E-state index in [4.69, 9.17) is 0 Å². The lowest BCUT2D eigenvalue weighted by Gasteiger charge is -2.24. The lowest BCUT2D eigenvalue weighted by molar-refractivity contribution is 0.242. The van der Waals surface area contributed by atoms with Crippen molar-refractivity contribution in [2.75, 3.05) is 26.2 Å². The van der Waals surface area contributed by atoms with Crippen LogP contribution in [0, 0.1) is 0 Å². The van der Waals surface area contributed by atoms with Crippen LogP contribution in [-0.4, -0.2) is 37.1 Å². The molecule has 1 aliphatic heterocycles. The molecule has 0 bridgehead atoms. The third-order valence-corrected chi connectivity index (χ3v) is 3.40. The number of rotatable bonds is 6. The summed E-state index contributed by atoms with van der Waals surface area (Å²) in [6.07, 6.45) is 9.89. The predicted octanol–water partition coefficient (Wildman–Crippen LogP) is 3.03. The minimum atomic E-state index is 0.640. The van der Waals surface area contributed by atoms with Gasteiger partial charge in [-0.2, -0.15) is 0 Å². The van der Waals surface area contributed by atoms with Crippen LogP contribution in [0.1, 0.15) is 58.8 Å². The first kappa shape index (κ1) is 14.0. The number of hydrogen-bond donors (Lipinski definition) is 1. The number of likely N-dealkylation sites (tertiary alicyclic amines) is 1. The molecule has 0 saturated carbocycles. The highest BCUT2D eigenvalue weighted by molar-refractivity contribution is 4.63. The van der Waals surface area contributed by atoms with Crippen LogP contribution in [0.25, 0.3) is 0 Å². The lowest BCUT2D eigenvalue weighted by Crippen LogP contribution is -2.29. The molecule has 0 aromatic heterocycles. The second-order valence-electron chi connectivity index (χ2n) is 5.43. The van der Waals surface area contributed by atoms with Crippen molar-refractivity contribution in [1.29, 1.82) is 0 Å². The molecule has 0 amide bonds. The van der Waals surface area contributed by atoms with Gasteiger partial charge in [0.1, 0.15) is 0 Å². The molecule has 1 aliphatic rings. The van der Waals surface area contributed by atoms with Crippen LogP contribution < -0.4 is 5.32 Å². The highest BCUT2D eigenvalue weighted by Gasteiger charge is 2.07. The number of unbranched alkanes of at least 4 members (excludes halogenated alkanes) is 1. The fraction of sp³-hybridized carbons (Fsp3) is 1.00. The zero-order valence-electron chi connectivity index (χ0n) is 11.3. The Hall–Kier alpha value is -0.0800. The quantitative estimate of drug-likeness (QED) is 0.700. The second-order valence-corrected chi connectivity index (χ2v) is 5.43. The van der Waals surface area contributed by atoms with E-state index in [1.807, 2.05) is 0 Å². The van der Waals surface area contributed by atoms with Gasteiger partial charge in [0.05, 0.1) is 0 Å². The summed E-state index contributed by atoms with van der Waals surface area (Å²) in [6.45, 7) is 9.64. The van der Waals surface area contributed by atoms with Gasteiger partial charge in [0.15, 0.2) is 0 Å². The van der Waals surface area contributed by atoms with E-state index in [0.717, 1.165) is 0 Å². The summed E-state index contributed by atoms with van der Waals surface area (Å²) in [7, 11) is 0. The van der Waals surface area contributed by atoms with E-state index in [-0.39, 0.29) is 0 Å². The highest BCUT2D eigenvalue weighted by Crippen LogP contribution is 2.10. The Balaban J connectivity index is 1.97.